The summed E-state index contributed by atoms with van der Waals surface area (Å²) in [4.78, 5) is 2.39. The lowest BCUT2D eigenvalue weighted by Crippen LogP contribution is -2.49. The summed E-state index contributed by atoms with van der Waals surface area (Å²) < 4.78 is 35.1. The van der Waals surface area contributed by atoms with E-state index in [9.17, 15) is 13.5 Å². The van der Waals surface area contributed by atoms with Crippen LogP contribution in [0, 0.1) is 23.2 Å². The highest BCUT2D eigenvalue weighted by molar-refractivity contribution is 7.89. The fourth-order valence-corrected chi connectivity index (χ4v) is 6.31. The van der Waals surface area contributed by atoms with Gasteiger partial charge in [-0.1, -0.05) is 25.1 Å². The van der Waals surface area contributed by atoms with Crippen LogP contribution >= 0.6 is 0 Å². The van der Waals surface area contributed by atoms with E-state index in [1.165, 1.54) is 17.1 Å². The molecule has 1 saturated carbocycles. The fourth-order valence-electron chi connectivity index (χ4n) is 4.48. The van der Waals surface area contributed by atoms with Gasteiger partial charge in [0.05, 0.1) is 18.2 Å². The second-order valence-electron chi connectivity index (χ2n) is 9.76. The van der Waals surface area contributed by atoms with Gasteiger partial charge in [-0.15, -0.1) is 0 Å². The Morgan fingerprint density at radius 1 is 1.18 bits per heavy atom. The summed E-state index contributed by atoms with van der Waals surface area (Å²) in [6, 6.07) is 13.9. The van der Waals surface area contributed by atoms with Gasteiger partial charge in [-0.25, -0.2) is 8.42 Å². The summed E-state index contributed by atoms with van der Waals surface area (Å²) in [6.45, 7) is 5.48. The van der Waals surface area contributed by atoms with Gasteiger partial charge in [0.2, 0.25) is 10.0 Å². The SMILES string of the molecule is C[C@H](CO)N1C[C@H](C)[C@H](CN(C)CC2CC2)Oc2cc(-c3ccc(C#N)cc3)ccc2S1(=O)=O. The van der Waals surface area contributed by atoms with Gasteiger partial charge in [-0.2, -0.15) is 9.57 Å². The summed E-state index contributed by atoms with van der Waals surface area (Å²) in [5, 5.41) is 18.9. The van der Waals surface area contributed by atoms with Crippen molar-refractivity contribution in [2.75, 3.05) is 33.3 Å². The van der Waals surface area contributed by atoms with Crippen molar-refractivity contribution in [3.05, 3.63) is 48.0 Å². The molecule has 1 aliphatic heterocycles. The number of sulfonamides is 1. The van der Waals surface area contributed by atoms with Crippen LogP contribution in [0.1, 0.15) is 32.3 Å². The Hall–Kier alpha value is -2.44. The molecule has 0 radical (unpaired) electrons. The topological polar surface area (TPSA) is 93.9 Å². The van der Waals surface area contributed by atoms with E-state index in [-0.39, 0.29) is 30.1 Å². The Kier molecular flexibility index (Phi) is 7.29. The number of aliphatic hydroxyl groups excluding tert-OH is 1. The average Bonchev–Trinajstić information content (AvgIpc) is 3.64. The number of nitrogens with zero attached hydrogens (tertiary/aromatic N) is 3. The first-order valence-electron chi connectivity index (χ1n) is 11.9. The number of hydrogen-bond acceptors (Lipinski definition) is 6. The van der Waals surface area contributed by atoms with Crippen molar-refractivity contribution in [2.24, 2.45) is 11.8 Å². The molecule has 2 aromatic rings. The van der Waals surface area contributed by atoms with Crippen molar-refractivity contribution in [3.8, 4) is 22.9 Å². The van der Waals surface area contributed by atoms with Crippen LogP contribution < -0.4 is 4.74 Å². The van der Waals surface area contributed by atoms with E-state index in [0.717, 1.165) is 23.6 Å². The summed E-state index contributed by atoms with van der Waals surface area (Å²) in [6.07, 6.45) is 2.33. The number of benzene rings is 2. The molecule has 0 aromatic heterocycles. The van der Waals surface area contributed by atoms with Crippen LogP contribution in [0.2, 0.25) is 0 Å². The van der Waals surface area contributed by atoms with Crippen molar-refractivity contribution < 1.29 is 18.3 Å². The number of nitriles is 1. The third kappa shape index (κ3) is 5.28. The van der Waals surface area contributed by atoms with E-state index in [4.69, 9.17) is 10.00 Å². The van der Waals surface area contributed by atoms with Crippen molar-refractivity contribution in [1.29, 1.82) is 5.26 Å². The quantitative estimate of drug-likeness (QED) is 0.649. The second-order valence-corrected chi connectivity index (χ2v) is 11.6. The van der Waals surface area contributed by atoms with Crippen LogP contribution in [0.4, 0.5) is 0 Å². The first-order chi connectivity index (χ1) is 16.2. The van der Waals surface area contributed by atoms with Crippen molar-refractivity contribution in [1.82, 2.24) is 9.21 Å². The molecule has 2 aliphatic rings. The lowest BCUT2D eigenvalue weighted by atomic mass is 10.0. The van der Waals surface area contributed by atoms with Crippen LogP contribution in [0.3, 0.4) is 0 Å². The van der Waals surface area contributed by atoms with Gasteiger partial charge in [0.1, 0.15) is 16.7 Å². The summed E-state index contributed by atoms with van der Waals surface area (Å²) in [5.41, 5.74) is 2.26. The minimum atomic E-state index is -3.87. The van der Waals surface area contributed by atoms with Crippen molar-refractivity contribution >= 4 is 10.0 Å². The number of aliphatic hydroxyl groups is 1. The molecular formula is C26H33N3O4S. The standard InChI is InChI=1S/C26H33N3O4S/c1-18-14-29(19(2)17-30)34(31,32)26-11-10-23(22-8-6-20(13-27)7-9-22)12-24(26)33-25(18)16-28(3)15-21-4-5-21/h6-12,18-19,21,25,30H,4-5,14-17H2,1-3H3/t18-,19+,25-/m0/s1. The van der Waals surface area contributed by atoms with Gasteiger partial charge in [0, 0.05) is 31.6 Å². The summed E-state index contributed by atoms with van der Waals surface area (Å²) in [5.74, 6) is 1.00. The lowest BCUT2D eigenvalue weighted by Gasteiger charge is -2.37. The molecular weight excluding hydrogens is 450 g/mol. The minimum Gasteiger partial charge on any atom is -0.487 e. The minimum absolute atomic E-state index is 0.0721. The van der Waals surface area contributed by atoms with Gasteiger partial charge < -0.3 is 14.7 Å². The Morgan fingerprint density at radius 2 is 1.85 bits per heavy atom. The summed E-state index contributed by atoms with van der Waals surface area (Å²) >= 11 is 0. The molecule has 0 saturated heterocycles. The Bertz CT molecular complexity index is 1160. The smallest absolute Gasteiger partial charge is 0.247 e. The van der Waals surface area contributed by atoms with Gasteiger partial charge in [-0.05, 0) is 68.1 Å². The maximum absolute atomic E-state index is 13.6. The monoisotopic (exact) mass is 483 g/mol. The molecule has 8 heteroatoms. The number of rotatable bonds is 7. The van der Waals surface area contributed by atoms with Gasteiger partial charge in [0.25, 0.3) is 0 Å². The zero-order valence-corrected chi connectivity index (χ0v) is 20.8. The van der Waals surface area contributed by atoms with Gasteiger partial charge in [0.15, 0.2) is 0 Å². The molecule has 0 spiro atoms. The van der Waals surface area contributed by atoms with Crippen LogP contribution in [0.5, 0.6) is 5.75 Å². The number of ether oxygens (including phenoxy) is 1. The molecule has 4 rings (SSSR count). The molecule has 2 aromatic carbocycles. The third-order valence-electron chi connectivity index (χ3n) is 6.77. The Morgan fingerprint density at radius 3 is 2.47 bits per heavy atom. The van der Waals surface area contributed by atoms with Gasteiger partial charge >= 0.3 is 0 Å². The van der Waals surface area contributed by atoms with Gasteiger partial charge in [-0.3, -0.25) is 0 Å². The van der Waals surface area contributed by atoms with Crippen LogP contribution in [-0.4, -0.2) is 68.2 Å². The molecule has 0 amide bonds. The summed E-state index contributed by atoms with van der Waals surface area (Å²) in [7, 11) is -1.78. The molecule has 182 valence electrons. The number of hydrogen-bond donors (Lipinski definition) is 1. The number of fused-ring (bicyclic) bond motifs is 1. The zero-order chi connectivity index (χ0) is 24.5. The highest BCUT2D eigenvalue weighted by Gasteiger charge is 2.38. The Labute approximate surface area is 202 Å². The van der Waals surface area contributed by atoms with E-state index in [0.29, 0.717) is 17.9 Å². The zero-order valence-electron chi connectivity index (χ0n) is 20.0. The molecule has 0 bridgehead atoms. The fraction of sp³-hybridized carbons (Fsp3) is 0.500. The largest absolute Gasteiger partial charge is 0.487 e. The maximum Gasteiger partial charge on any atom is 0.247 e. The lowest BCUT2D eigenvalue weighted by molar-refractivity contribution is 0.0741. The predicted molar refractivity (Wildman–Crippen MR) is 131 cm³/mol. The molecule has 0 unspecified atom stereocenters. The van der Waals surface area contributed by atoms with E-state index >= 15 is 0 Å². The predicted octanol–water partition coefficient (Wildman–Crippen LogP) is 3.34. The van der Waals surface area contributed by atoms with E-state index in [1.54, 1.807) is 37.3 Å². The maximum atomic E-state index is 13.6. The molecule has 3 atom stereocenters. The number of likely N-dealkylation sites (N-methyl/N-ethyl adjacent to an activating group) is 1. The molecule has 34 heavy (non-hydrogen) atoms. The molecule has 1 aliphatic carbocycles. The highest BCUT2D eigenvalue weighted by Crippen LogP contribution is 2.37. The van der Waals surface area contributed by atoms with E-state index in [1.807, 2.05) is 19.1 Å². The van der Waals surface area contributed by atoms with Crippen molar-refractivity contribution in [2.45, 2.75) is 43.7 Å². The first kappa shape index (κ1) is 24.7. The highest BCUT2D eigenvalue weighted by atomic mass is 32.2. The van der Waals surface area contributed by atoms with Crippen LogP contribution in [0.15, 0.2) is 47.4 Å². The van der Waals surface area contributed by atoms with Crippen LogP contribution in [0.25, 0.3) is 11.1 Å². The Balaban J connectivity index is 1.74. The molecule has 1 heterocycles. The average molecular weight is 484 g/mol. The third-order valence-corrected chi connectivity index (χ3v) is 8.79. The normalized spacial score (nSPS) is 23.3. The first-order valence-corrected chi connectivity index (χ1v) is 13.3. The van der Waals surface area contributed by atoms with Crippen LogP contribution in [-0.2, 0) is 10.0 Å². The molecule has 1 fully saturated rings. The van der Waals surface area contributed by atoms with E-state index < -0.39 is 16.1 Å². The van der Waals surface area contributed by atoms with Crippen molar-refractivity contribution in [3.63, 3.8) is 0 Å². The second kappa shape index (κ2) is 10.0. The molecule has 1 N–H and O–H groups in total. The van der Waals surface area contributed by atoms with E-state index in [2.05, 4.69) is 18.0 Å². The molecule has 7 nitrogen and oxygen atoms in total.